The van der Waals surface area contributed by atoms with Gasteiger partial charge in [-0.15, -0.1) is 0 Å². The molecule has 0 aliphatic heterocycles. The molecule has 17 heavy (non-hydrogen) atoms. The number of rotatable bonds is 12. The van der Waals surface area contributed by atoms with Crippen LogP contribution in [0.1, 0.15) is 51.4 Å². The van der Waals surface area contributed by atoms with E-state index in [-0.39, 0.29) is 12.8 Å². The zero-order valence-electron chi connectivity index (χ0n) is 10.2. The average molecular weight is 246 g/mol. The number of aliphatic carboxylic acids is 2. The summed E-state index contributed by atoms with van der Waals surface area (Å²) in [5, 5.41) is 16.8. The van der Waals surface area contributed by atoms with E-state index in [1.165, 1.54) is 0 Å². The van der Waals surface area contributed by atoms with Crippen LogP contribution in [-0.4, -0.2) is 35.4 Å². The van der Waals surface area contributed by atoms with E-state index in [0.717, 1.165) is 32.1 Å². The van der Waals surface area contributed by atoms with Crippen molar-refractivity contribution in [2.75, 3.05) is 13.2 Å². The number of carboxylic acid groups (broad SMARTS) is 2. The highest BCUT2D eigenvalue weighted by Gasteiger charge is 1.97. The van der Waals surface area contributed by atoms with Gasteiger partial charge in [0.05, 0.1) is 0 Å². The Balaban J connectivity index is 2.98. The number of ether oxygens (including phenoxy) is 1. The monoisotopic (exact) mass is 246 g/mol. The molecule has 0 aromatic heterocycles. The lowest BCUT2D eigenvalue weighted by Gasteiger charge is -2.03. The second kappa shape index (κ2) is 11.4. The highest BCUT2D eigenvalue weighted by atomic mass is 16.5. The SMILES string of the molecule is O=C(O)CCCCCCCOCCCC(=O)O. The van der Waals surface area contributed by atoms with Crippen LogP contribution in [0.25, 0.3) is 0 Å². The summed E-state index contributed by atoms with van der Waals surface area (Å²) in [5.41, 5.74) is 0. The summed E-state index contributed by atoms with van der Waals surface area (Å²) in [6, 6.07) is 0. The van der Waals surface area contributed by atoms with Crippen molar-refractivity contribution in [1.82, 2.24) is 0 Å². The van der Waals surface area contributed by atoms with Crippen molar-refractivity contribution in [1.29, 1.82) is 0 Å². The third kappa shape index (κ3) is 14.9. The third-order valence-corrected chi connectivity index (χ3v) is 2.36. The molecule has 0 atom stereocenters. The van der Waals surface area contributed by atoms with Gasteiger partial charge in [-0.2, -0.15) is 0 Å². The first-order chi connectivity index (χ1) is 8.13. The number of hydrogen-bond acceptors (Lipinski definition) is 3. The van der Waals surface area contributed by atoms with Crippen molar-refractivity contribution in [2.45, 2.75) is 51.4 Å². The van der Waals surface area contributed by atoms with Crippen LogP contribution in [0.3, 0.4) is 0 Å². The molecule has 2 N–H and O–H groups in total. The molecule has 0 aromatic rings. The van der Waals surface area contributed by atoms with Crippen molar-refractivity contribution in [3.8, 4) is 0 Å². The molecule has 0 saturated heterocycles. The molecule has 0 saturated carbocycles. The fraction of sp³-hybridized carbons (Fsp3) is 0.833. The normalized spacial score (nSPS) is 10.4. The van der Waals surface area contributed by atoms with Crippen molar-refractivity contribution in [3.05, 3.63) is 0 Å². The Labute approximate surface area is 102 Å². The molecule has 0 bridgehead atoms. The van der Waals surface area contributed by atoms with E-state index in [1.54, 1.807) is 0 Å². The maximum Gasteiger partial charge on any atom is 0.303 e. The minimum atomic E-state index is -0.785. The summed E-state index contributed by atoms with van der Waals surface area (Å²) in [6.45, 7) is 1.17. The summed E-state index contributed by atoms with van der Waals surface area (Å²) in [5.74, 6) is -1.52. The van der Waals surface area contributed by atoms with E-state index < -0.39 is 11.9 Å². The van der Waals surface area contributed by atoms with E-state index in [2.05, 4.69) is 0 Å². The molecule has 0 aliphatic carbocycles. The summed E-state index contributed by atoms with van der Waals surface area (Å²) in [6.07, 6.45) is 5.71. The van der Waals surface area contributed by atoms with Gasteiger partial charge >= 0.3 is 11.9 Å². The van der Waals surface area contributed by atoms with E-state index in [4.69, 9.17) is 14.9 Å². The standard InChI is InChI=1S/C12H22O5/c13-11(14)7-4-2-1-3-5-9-17-10-6-8-12(15)16/h1-10H2,(H,13,14)(H,15,16). The summed E-state index contributed by atoms with van der Waals surface area (Å²) in [4.78, 5) is 20.4. The first-order valence-electron chi connectivity index (χ1n) is 6.14. The largest absolute Gasteiger partial charge is 0.481 e. The molecule has 0 fully saturated rings. The zero-order chi connectivity index (χ0) is 12.9. The topological polar surface area (TPSA) is 83.8 Å². The predicted molar refractivity (Wildman–Crippen MR) is 63.0 cm³/mol. The van der Waals surface area contributed by atoms with Gasteiger partial charge in [0.1, 0.15) is 0 Å². The van der Waals surface area contributed by atoms with Gasteiger partial charge in [-0.3, -0.25) is 9.59 Å². The van der Waals surface area contributed by atoms with E-state index in [9.17, 15) is 9.59 Å². The second-order valence-corrected chi connectivity index (χ2v) is 4.02. The van der Waals surface area contributed by atoms with Crippen LogP contribution in [0, 0.1) is 0 Å². The number of carboxylic acids is 2. The molecule has 0 amide bonds. The second-order valence-electron chi connectivity index (χ2n) is 4.02. The van der Waals surface area contributed by atoms with E-state index in [0.29, 0.717) is 19.6 Å². The molecule has 5 heteroatoms. The van der Waals surface area contributed by atoms with Crippen molar-refractivity contribution < 1.29 is 24.5 Å². The van der Waals surface area contributed by atoms with Crippen LogP contribution >= 0.6 is 0 Å². The fourth-order valence-electron chi connectivity index (χ4n) is 1.44. The highest BCUT2D eigenvalue weighted by Crippen LogP contribution is 2.05. The number of unbranched alkanes of at least 4 members (excludes halogenated alkanes) is 4. The first-order valence-corrected chi connectivity index (χ1v) is 6.14. The van der Waals surface area contributed by atoms with Gasteiger partial charge in [0.25, 0.3) is 0 Å². The Bertz CT molecular complexity index is 193. The molecule has 0 aromatic carbocycles. The van der Waals surface area contributed by atoms with Gasteiger partial charge in [0.15, 0.2) is 0 Å². The number of hydrogen-bond donors (Lipinski definition) is 2. The molecule has 0 radical (unpaired) electrons. The van der Waals surface area contributed by atoms with Gasteiger partial charge in [-0.05, 0) is 19.3 Å². The predicted octanol–water partition coefficient (Wildman–Crippen LogP) is 2.29. The minimum absolute atomic E-state index is 0.162. The quantitative estimate of drug-likeness (QED) is 0.516. The lowest BCUT2D eigenvalue weighted by molar-refractivity contribution is -0.138. The Hall–Kier alpha value is -1.10. The molecule has 100 valence electrons. The van der Waals surface area contributed by atoms with Crippen LogP contribution in [0.5, 0.6) is 0 Å². The van der Waals surface area contributed by atoms with Crippen LogP contribution in [0.15, 0.2) is 0 Å². The Morgan fingerprint density at radius 3 is 1.82 bits per heavy atom. The summed E-state index contributed by atoms with van der Waals surface area (Å²) < 4.78 is 5.27. The van der Waals surface area contributed by atoms with Gasteiger partial charge in [0, 0.05) is 26.1 Å². The van der Waals surface area contributed by atoms with Crippen molar-refractivity contribution in [3.63, 3.8) is 0 Å². The van der Waals surface area contributed by atoms with Gasteiger partial charge in [-0.25, -0.2) is 0 Å². The maximum atomic E-state index is 10.2. The molecule has 5 nitrogen and oxygen atoms in total. The van der Waals surface area contributed by atoms with Gasteiger partial charge < -0.3 is 14.9 Å². The third-order valence-electron chi connectivity index (χ3n) is 2.36. The van der Waals surface area contributed by atoms with Gasteiger partial charge in [0.2, 0.25) is 0 Å². The molecule has 0 heterocycles. The fourth-order valence-corrected chi connectivity index (χ4v) is 1.44. The molecule has 0 spiro atoms. The van der Waals surface area contributed by atoms with E-state index >= 15 is 0 Å². The Morgan fingerprint density at radius 1 is 0.706 bits per heavy atom. The summed E-state index contributed by atoms with van der Waals surface area (Å²) >= 11 is 0. The molecule has 0 unspecified atom stereocenters. The van der Waals surface area contributed by atoms with Crippen molar-refractivity contribution >= 4 is 11.9 Å². The van der Waals surface area contributed by atoms with Crippen LogP contribution in [0.4, 0.5) is 0 Å². The molecular weight excluding hydrogens is 224 g/mol. The molecular formula is C12H22O5. The van der Waals surface area contributed by atoms with Gasteiger partial charge in [-0.1, -0.05) is 19.3 Å². The molecule has 0 aliphatic rings. The Morgan fingerprint density at radius 2 is 1.18 bits per heavy atom. The number of carbonyl (C=O) groups is 2. The molecule has 0 rings (SSSR count). The lowest BCUT2D eigenvalue weighted by atomic mass is 10.1. The summed E-state index contributed by atoms with van der Waals surface area (Å²) in [7, 11) is 0. The zero-order valence-corrected chi connectivity index (χ0v) is 10.2. The van der Waals surface area contributed by atoms with Crippen LogP contribution in [-0.2, 0) is 14.3 Å². The Kier molecular flexibility index (Phi) is 10.7. The maximum absolute atomic E-state index is 10.2. The lowest BCUT2D eigenvalue weighted by Crippen LogP contribution is -2.01. The van der Waals surface area contributed by atoms with Crippen molar-refractivity contribution in [2.24, 2.45) is 0 Å². The highest BCUT2D eigenvalue weighted by molar-refractivity contribution is 5.66. The minimum Gasteiger partial charge on any atom is -0.481 e. The van der Waals surface area contributed by atoms with E-state index in [1.807, 2.05) is 0 Å². The first kappa shape index (κ1) is 15.9. The van der Waals surface area contributed by atoms with Crippen LogP contribution < -0.4 is 0 Å². The van der Waals surface area contributed by atoms with Crippen LogP contribution in [0.2, 0.25) is 0 Å². The average Bonchev–Trinajstić information content (AvgIpc) is 2.25. The smallest absolute Gasteiger partial charge is 0.303 e.